The highest BCUT2D eigenvalue weighted by Crippen LogP contribution is 2.20. The van der Waals surface area contributed by atoms with Crippen LogP contribution in [0.3, 0.4) is 0 Å². The third-order valence-electron chi connectivity index (χ3n) is 2.94. The molecule has 0 saturated heterocycles. The second-order valence-corrected chi connectivity index (χ2v) is 4.58. The average molecular weight is 239 g/mol. The third-order valence-corrected chi connectivity index (χ3v) is 2.94. The molecule has 0 amide bonds. The SMILES string of the molecule is CC(C)/C(=N/O)c1ccc(-c2ccccc2)cc1. The van der Waals surface area contributed by atoms with Crippen molar-refractivity contribution in [1.82, 2.24) is 0 Å². The molecule has 2 heteroatoms. The van der Waals surface area contributed by atoms with Crippen LogP contribution in [0.2, 0.25) is 0 Å². The Hall–Kier alpha value is -2.09. The molecule has 0 aliphatic rings. The molecule has 0 heterocycles. The van der Waals surface area contributed by atoms with Gasteiger partial charge in [0.05, 0.1) is 5.71 Å². The molecule has 0 radical (unpaired) electrons. The van der Waals surface area contributed by atoms with Gasteiger partial charge in [0, 0.05) is 0 Å². The van der Waals surface area contributed by atoms with Gasteiger partial charge in [-0.1, -0.05) is 73.6 Å². The van der Waals surface area contributed by atoms with E-state index in [1.807, 2.05) is 44.2 Å². The fourth-order valence-electron chi connectivity index (χ4n) is 1.97. The lowest BCUT2D eigenvalue weighted by Crippen LogP contribution is -2.09. The standard InChI is InChI=1S/C16H17NO/c1-12(2)16(17-18)15-10-8-14(9-11-15)13-6-4-3-5-7-13/h3-12,18H,1-2H3/b17-16-. The van der Waals surface area contributed by atoms with Crippen molar-refractivity contribution in [2.75, 3.05) is 0 Å². The zero-order valence-electron chi connectivity index (χ0n) is 10.7. The van der Waals surface area contributed by atoms with Crippen molar-refractivity contribution in [3.05, 3.63) is 60.2 Å². The van der Waals surface area contributed by atoms with Crippen LogP contribution in [0, 0.1) is 5.92 Å². The quantitative estimate of drug-likeness (QED) is 0.486. The second-order valence-electron chi connectivity index (χ2n) is 4.58. The van der Waals surface area contributed by atoms with Gasteiger partial charge in [0.1, 0.15) is 0 Å². The van der Waals surface area contributed by atoms with Crippen LogP contribution < -0.4 is 0 Å². The molecule has 0 bridgehead atoms. The van der Waals surface area contributed by atoms with Gasteiger partial charge in [-0.3, -0.25) is 0 Å². The zero-order valence-corrected chi connectivity index (χ0v) is 10.7. The average Bonchev–Trinajstić information content (AvgIpc) is 2.41. The molecule has 0 atom stereocenters. The van der Waals surface area contributed by atoms with Gasteiger partial charge in [0.25, 0.3) is 0 Å². The van der Waals surface area contributed by atoms with Gasteiger partial charge in [-0.15, -0.1) is 0 Å². The molecule has 2 nitrogen and oxygen atoms in total. The van der Waals surface area contributed by atoms with E-state index >= 15 is 0 Å². The Morgan fingerprint density at radius 2 is 1.44 bits per heavy atom. The Bertz CT molecular complexity index is 527. The number of rotatable bonds is 3. The molecule has 2 aromatic carbocycles. The van der Waals surface area contributed by atoms with E-state index in [2.05, 4.69) is 29.4 Å². The lowest BCUT2D eigenvalue weighted by atomic mass is 9.97. The molecule has 0 spiro atoms. The van der Waals surface area contributed by atoms with Gasteiger partial charge in [-0.2, -0.15) is 0 Å². The summed E-state index contributed by atoms with van der Waals surface area (Å²) in [4.78, 5) is 0. The molecule has 0 aromatic heterocycles. The number of hydrogen-bond donors (Lipinski definition) is 1. The van der Waals surface area contributed by atoms with Gasteiger partial charge < -0.3 is 5.21 Å². The summed E-state index contributed by atoms with van der Waals surface area (Å²) in [6.45, 7) is 4.03. The summed E-state index contributed by atoms with van der Waals surface area (Å²) in [5.41, 5.74) is 4.04. The molecule has 2 rings (SSSR count). The van der Waals surface area contributed by atoms with Crippen molar-refractivity contribution < 1.29 is 5.21 Å². The predicted octanol–water partition coefficient (Wildman–Crippen LogP) is 4.19. The van der Waals surface area contributed by atoms with Crippen LogP contribution in [0.15, 0.2) is 59.8 Å². The highest BCUT2D eigenvalue weighted by Gasteiger charge is 2.09. The molecular formula is C16H17NO. The summed E-state index contributed by atoms with van der Waals surface area (Å²) >= 11 is 0. The van der Waals surface area contributed by atoms with E-state index in [9.17, 15) is 0 Å². The second kappa shape index (κ2) is 5.50. The smallest absolute Gasteiger partial charge is 0.0893 e. The summed E-state index contributed by atoms with van der Waals surface area (Å²) in [5, 5.41) is 12.4. The predicted molar refractivity (Wildman–Crippen MR) is 75.0 cm³/mol. The maximum atomic E-state index is 9.02. The zero-order chi connectivity index (χ0) is 13.0. The minimum atomic E-state index is 0.206. The molecule has 2 aromatic rings. The molecule has 0 aliphatic heterocycles. The van der Waals surface area contributed by atoms with E-state index in [0.717, 1.165) is 11.3 Å². The van der Waals surface area contributed by atoms with E-state index in [0.29, 0.717) is 0 Å². The van der Waals surface area contributed by atoms with Crippen LogP contribution in [0.4, 0.5) is 0 Å². The number of nitrogens with zero attached hydrogens (tertiary/aromatic N) is 1. The van der Waals surface area contributed by atoms with Gasteiger partial charge in [-0.25, -0.2) is 0 Å². The highest BCUT2D eigenvalue weighted by atomic mass is 16.4. The monoisotopic (exact) mass is 239 g/mol. The topological polar surface area (TPSA) is 32.6 Å². The molecule has 18 heavy (non-hydrogen) atoms. The number of oxime groups is 1. The van der Waals surface area contributed by atoms with Crippen LogP contribution >= 0.6 is 0 Å². The van der Waals surface area contributed by atoms with Gasteiger partial charge >= 0.3 is 0 Å². The molecule has 0 unspecified atom stereocenters. The fourth-order valence-corrected chi connectivity index (χ4v) is 1.97. The van der Waals surface area contributed by atoms with Crippen LogP contribution in [0.25, 0.3) is 11.1 Å². The van der Waals surface area contributed by atoms with Crippen LogP contribution in [-0.2, 0) is 0 Å². The van der Waals surface area contributed by atoms with Gasteiger partial charge in [-0.05, 0) is 22.6 Å². The van der Waals surface area contributed by atoms with Gasteiger partial charge in [0.2, 0.25) is 0 Å². The normalized spacial score (nSPS) is 11.8. The number of benzene rings is 2. The first-order valence-electron chi connectivity index (χ1n) is 6.10. The first kappa shape index (κ1) is 12.4. The summed E-state index contributed by atoms with van der Waals surface area (Å²) in [6.07, 6.45) is 0. The van der Waals surface area contributed by atoms with E-state index in [1.54, 1.807) is 0 Å². The minimum absolute atomic E-state index is 0.206. The van der Waals surface area contributed by atoms with E-state index in [1.165, 1.54) is 11.1 Å². The van der Waals surface area contributed by atoms with Crippen LogP contribution in [-0.4, -0.2) is 10.9 Å². The minimum Gasteiger partial charge on any atom is -0.411 e. The summed E-state index contributed by atoms with van der Waals surface area (Å²) in [6, 6.07) is 18.3. The molecule has 92 valence electrons. The maximum absolute atomic E-state index is 9.02. The molecule has 1 N–H and O–H groups in total. The van der Waals surface area contributed by atoms with E-state index in [-0.39, 0.29) is 5.92 Å². The van der Waals surface area contributed by atoms with Crippen molar-refractivity contribution >= 4 is 5.71 Å². The fraction of sp³-hybridized carbons (Fsp3) is 0.188. The Kier molecular flexibility index (Phi) is 3.78. The van der Waals surface area contributed by atoms with Crippen LogP contribution in [0.1, 0.15) is 19.4 Å². The molecule has 0 fully saturated rings. The van der Waals surface area contributed by atoms with Crippen LogP contribution in [0.5, 0.6) is 0 Å². The van der Waals surface area contributed by atoms with Crippen molar-refractivity contribution in [1.29, 1.82) is 0 Å². The Balaban J connectivity index is 2.31. The Morgan fingerprint density at radius 1 is 0.889 bits per heavy atom. The van der Waals surface area contributed by atoms with E-state index < -0.39 is 0 Å². The first-order chi connectivity index (χ1) is 8.72. The maximum Gasteiger partial charge on any atom is 0.0893 e. The lowest BCUT2D eigenvalue weighted by Gasteiger charge is -2.09. The summed E-state index contributed by atoms with van der Waals surface area (Å²) < 4.78 is 0. The number of hydrogen-bond acceptors (Lipinski definition) is 2. The lowest BCUT2D eigenvalue weighted by molar-refractivity contribution is 0.316. The van der Waals surface area contributed by atoms with Crippen molar-refractivity contribution in [3.63, 3.8) is 0 Å². The van der Waals surface area contributed by atoms with Crippen molar-refractivity contribution in [2.45, 2.75) is 13.8 Å². The largest absolute Gasteiger partial charge is 0.411 e. The Labute approximate surface area is 108 Å². The van der Waals surface area contributed by atoms with Crippen molar-refractivity contribution in [3.8, 4) is 11.1 Å². The molecule has 0 saturated carbocycles. The van der Waals surface area contributed by atoms with E-state index in [4.69, 9.17) is 5.21 Å². The van der Waals surface area contributed by atoms with Crippen molar-refractivity contribution in [2.24, 2.45) is 11.1 Å². The Morgan fingerprint density at radius 3 is 1.94 bits per heavy atom. The highest BCUT2D eigenvalue weighted by molar-refractivity contribution is 6.01. The third kappa shape index (κ3) is 2.59. The summed E-state index contributed by atoms with van der Waals surface area (Å²) in [5.74, 6) is 0.206. The molecule has 0 aliphatic carbocycles. The first-order valence-corrected chi connectivity index (χ1v) is 6.10. The molecular weight excluding hydrogens is 222 g/mol. The summed E-state index contributed by atoms with van der Waals surface area (Å²) in [7, 11) is 0. The van der Waals surface area contributed by atoms with Gasteiger partial charge in [0.15, 0.2) is 0 Å².